The number of rotatable bonds is 5. The second-order valence-corrected chi connectivity index (χ2v) is 9.89. The molecule has 0 N–H and O–H groups in total. The number of carbonyl (C=O) groups excluding carboxylic acids is 2. The number of pyridine rings is 1. The van der Waals surface area contributed by atoms with E-state index in [1.165, 1.54) is 0 Å². The lowest BCUT2D eigenvalue weighted by Crippen LogP contribution is -2.45. The van der Waals surface area contributed by atoms with Crippen molar-refractivity contribution < 1.29 is 18.9 Å². The summed E-state index contributed by atoms with van der Waals surface area (Å²) in [6.45, 7) is 0.0106. The van der Waals surface area contributed by atoms with Crippen LogP contribution in [-0.2, 0) is 6.54 Å². The molecular weight excluding hydrogens is 494 g/mol. The topological polar surface area (TPSA) is 47.2 Å². The van der Waals surface area contributed by atoms with Crippen molar-refractivity contribution in [3.05, 3.63) is 145 Å². The highest BCUT2D eigenvalue weighted by Gasteiger charge is 2.28. The van der Waals surface area contributed by atoms with Gasteiger partial charge in [-0.25, -0.2) is 4.79 Å². The van der Waals surface area contributed by atoms with Gasteiger partial charge in [0.05, 0.1) is 0 Å². The molecule has 0 aliphatic heterocycles. The van der Waals surface area contributed by atoms with Crippen molar-refractivity contribution in [1.29, 1.82) is 0 Å². The van der Waals surface area contributed by atoms with Gasteiger partial charge in [-0.05, 0) is 51.9 Å². The van der Waals surface area contributed by atoms with Crippen LogP contribution in [0.3, 0.4) is 0 Å². The number of ketones is 1. The number of benzene rings is 6. The summed E-state index contributed by atoms with van der Waals surface area (Å²) < 4.78 is 8.04. The van der Waals surface area contributed by atoms with Crippen molar-refractivity contribution in [2.24, 2.45) is 0 Å². The van der Waals surface area contributed by atoms with Gasteiger partial charge in [0.2, 0.25) is 17.8 Å². The second-order valence-electron chi connectivity index (χ2n) is 9.89. The molecule has 4 heteroatoms. The molecule has 4 nitrogen and oxygen atoms in total. The first-order valence-electron chi connectivity index (χ1n) is 13.2. The van der Waals surface area contributed by atoms with Crippen molar-refractivity contribution in [1.82, 2.24) is 0 Å². The maximum atomic E-state index is 14.0. The second kappa shape index (κ2) is 9.75. The summed E-state index contributed by atoms with van der Waals surface area (Å²) in [6, 6.07) is 42.9. The van der Waals surface area contributed by atoms with Crippen LogP contribution in [0.5, 0.6) is 5.75 Å². The Morgan fingerprint density at radius 2 is 1.18 bits per heavy atom. The summed E-state index contributed by atoms with van der Waals surface area (Å²) in [5, 5.41) is 6.81. The minimum atomic E-state index is -0.516. The van der Waals surface area contributed by atoms with Crippen LogP contribution in [0.25, 0.3) is 43.2 Å². The summed E-state index contributed by atoms with van der Waals surface area (Å²) in [5.74, 6) is -0.0894. The van der Waals surface area contributed by atoms with E-state index in [1.54, 1.807) is 22.8 Å². The average molecular weight is 519 g/mol. The van der Waals surface area contributed by atoms with E-state index in [-0.39, 0.29) is 12.3 Å². The average Bonchev–Trinajstić information content (AvgIpc) is 3.00. The highest BCUT2D eigenvalue weighted by atomic mass is 16.5. The SMILES string of the molecule is O=C(C[n+]1c(C(=O)Oc2c3ccccc3cc3cc4ccccc4cc23)ccc2ccccc21)c1ccccc1. The Balaban J connectivity index is 1.38. The van der Waals surface area contributed by atoms with E-state index in [9.17, 15) is 9.59 Å². The third-order valence-electron chi connectivity index (χ3n) is 7.42. The Kier molecular flexibility index (Phi) is 5.79. The van der Waals surface area contributed by atoms with Crippen molar-refractivity contribution in [2.45, 2.75) is 6.54 Å². The lowest BCUT2D eigenvalue weighted by atomic mass is 9.98. The fraction of sp³-hybridized carbons (Fsp3) is 0.0278. The lowest BCUT2D eigenvalue weighted by molar-refractivity contribution is -0.659. The maximum Gasteiger partial charge on any atom is 0.409 e. The number of esters is 1. The summed E-state index contributed by atoms with van der Waals surface area (Å²) in [6.07, 6.45) is 0. The first-order valence-corrected chi connectivity index (χ1v) is 13.2. The first kappa shape index (κ1) is 23.7. The van der Waals surface area contributed by atoms with Crippen molar-refractivity contribution >= 4 is 55.0 Å². The summed E-state index contributed by atoms with van der Waals surface area (Å²) in [5.41, 5.74) is 1.69. The highest BCUT2D eigenvalue weighted by molar-refractivity contribution is 6.11. The monoisotopic (exact) mass is 518 g/mol. The molecule has 0 radical (unpaired) electrons. The molecule has 7 rings (SSSR count). The van der Waals surface area contributed by atoms with Gasteiger partial charge in [0.1, 0.15) is 5.75 Å². The molecule has 0 saturated heterocycles. The molecule has 0 aliphatic carbocycles. The Bertz CT molecular complexity index is 2090. The molecule has 1 aromatic heterocycles. The van der Waals surface area contributed by atoms with E-state index >= 15 is 0 Å². The van der Waals surface area contributed by atoms with Gasteiger partial charge in [-0.3, -0.25) is 4.79 Å². The molecule has 0 fully saturated rings. The number of hydrogen-bond acceptors (Lipinski definition) is 3. The van der Waals surface area contributed by atoms with E-state index in [2.05, 4.69) is 30.3 Å². The number of fused-ring (bicyclic) bond motifs is 4. The number of aromatic nitrogens is 1. The zero-order valence-electron chi connectivity index (χ0n) is 21.6. The molecule has 190 valence electrons. The molecule has 0 bridgehead atoms. The number of Topliss-reactive ketones (excluding diaryl/α,β-unsaturated/α-hetero) is 1. The molecule has 1 heterocycles. The molecule has 6 aromatic carbocycles. The number of ether oxygens (including phenoxy) is 1. The summed E-state index contributed by atoms with van der Waals surface area (Å²) in [4.78, 5) is 27.3. The maximum absolute atomic E-state index is 14.0. The highest BCUT2D eigenvalue weighted by Crippen LogP contribution is 2.37. The van der Waals surface area contributed by atoms with Crippen LogP contribution in [0.15, 0.2) is 133 Å². The fourth-order valence-corrected chi connectivity index (χ4v) is 5.44. The van der Waals surface area contributed by atoms with Crippen LogP contribution in [-0.4, -0.2) is 11.8 Å². The molecular formula is C36H24NO3+. The van der Waals surface area contributed by atoms with Crippen LogP contribution < -0.4 is 9.30 Å². The minimum absolute atomic E-state index is 0.0106. The van der Waals surface area contributed by atoms with Crippen molar-refractivity contribution in [2.75, 3.05) is 0 Å². The number of nitrogens with zero attached hydrogens (tertiary/aromatic N) is 1. The number of para-hydroxylation sites is 1. The zero-order chi connectivity index (χ0) is 27.1. The van der Waals surface area contributed by atoms with E-state index < -0.39 is 5.97 Å². The lowest BCUT2D eigenvalue weighted by Gasteiger charge is -2.13. The van der Waals surface area contributed by atoms with Gasteiger partial charge < -0.3 is 4.74 Å². The zero-order valence-corrected chi connectivity index (χ0v) is 21.6. The summed E-state index contributed by atoms with van der Waals surface area (Å²) in [7, 11) is 0. The third-order valence-corrected chi connectivity index (χ3v) is 7.42. The molecule has 0 aliphatic rings. The van der Waals surface area contributed by atoms with Gasteiger partial charge in [0.25, 0.3) is 5.69 Å². The summed E-state index contributed by atoms with van der Waals surface area (Å²) >= 11 is 0. The van der Waals surface area contributed by atoms with Crippen molar-refractivity contribution in [3.63, 3.8) is 0 Å². The normalized spacial score (nSPS) is 11.3. The third kappa shape index (κ3) is 4.16. The standard InChI is InChI=1S/C36H24NO3/c38-34(25-11-2-1-3-12-25)23-37-32-17-9-7-10-24(32)18-19-33(37)36(39)40-35-30-16-8-6-15-28(30)21-29-20-26-13-4-5-14-27(26)22-31(29)35/h1-22H,23H2/q+1. The number of carbonyl (C=O) groups is 2. The van der Waals surface area contributed by atoms with Gasteiger partial charge in [0.15, 0.2) is 0 Å². The predicted octanol–water partition coefficient (Wildman–Crippen LogP) is 7.69. The molecule has 7 aromatic rings. The van der Waals surface area contributed by atoms with Crippen LogP contribution in [0.4, 0.5) is 0 Å². The van der Waals surface area contributed by atoms with Gasteiger partial charge in [-0.15, -0.1) is 0 Å². The molecule has 0 unspecified atom stereocenters. The van der Waals surface area contributed by atoms with E-state index in [4.69, 9.17) is 4.74 Å². The quantitative estimate of drug-likeness (QED) is 0.0772. The smallest absolute Gasteiger partial charge is 0.409 e. The Morgan fingerprint density at radius 1 is 0.550 bits per heavy atom. The minimum Gasteiger partial charge on any atom is -0.417 e. The van der Waals surface area contributed by atoms with Crippen LogP contribution in [0.2, 0.25) is 0 Å². The van der Waals surface area contributed by atoms with Crippen LogP contribution >= 0.6 is 0 Å². The van der Waals surface area contributed by atoms with Gasteiger partial charge in [-0.1, -0.05) is 91.0 Å². The predicted molar refractivity (Wildman–Crippen MR) is 159 cm³/mol. The molecule has 0 atom stereocenters. The Morgan fingerprint density at radius 3 is 1.98 bits per heavy atom. The van der Waals surface area contributed by atoms with Crippen molar-refractivity contribution in [3.8, 4) is 5.75 Å². The van der Waals surface area contributed by atoms with Gasteiger partial charge >= 0.3 is 5.97 Å². The Hall–Kier alpha value is -5.35. The molecule has 40 heavy (non-hydrogen) atoms. The van der Waals surface area contributed by atoms with E-state index in [1.807, 2.05) is 84.9 Å². The van der Waals surface area contributed by atoms with E-state index in [0.717, 1.165) is 43.2 Å². The molecule has 0 amide bonds. The first-order chi connectivity index (χ1) is 19.7. The van der Waals surface area contributed by atoms with Gasteiger partial charge in [0, 0.05) is 33.9 Å². The fourth-order valence-electron chi connectivity index (χ4n) is 5.44. The molecule has 0 saturated carbocycles. The largest absolute Gasteiger partial charge is 0.417 e. The Labute approximate surface area is 230 Å². The van der Waals surface area contributed by atoms with E-state index in [0.29, 0.717) is 17.0 Å². The number of hydrogen-bond donors (Lipinski definition) is 0. The molecule has 0 spiro atoms. The van der Waals surface area contributed by atoms with Crippen LogP contribution in [0, 0.1) is 0 Å². The van der Waals surface area contributed by atoms with Gasteiger partial charge in [-0.2, -0.15) is 4.57 Å². The van der Waals surface area contributed by atoms with Crippen LogP contribution in [0.1, 0.15) is 20.8 Å².